The molecule has 1 nitrogen and oxygen atoms in total. The predicted molar refractivity (Wildman–Crippen MR) is 61.7 cm³/mol. The van der Waals surface area contributed by atoms with Crippen LogP contribution in [0.15, 0.2) is 27.4 Å². The van der Waals surface area contributed by atoms with Gasteiger partial charge in [0.1, 0.15) is 0 Å². The summed E-state index contributed by atoms with van der Waals surface area (Å²) < 4.78 is 2.13. The van der Waals surface area contributed by atoms with Gasteiger partial charge in [0.2, 0.25) is 0 Å². The smallest absolute Gasteiger partial charge is 0.161 e. The second-order valence-corrected chi connectivity index (χ2v) is 5.08. The molecule has 0 saturated heterocycles. The SMILES string of the molecule is SSc1nc2c(S)cccc2s1. The number of hydrogen-bond donors (Lipinski definition) is 2. The van der Waals surface area contributed by atoms with Gasteiger partial charge in [-0.3, -0.25) is 0 Å². The van der Waals surface area contributed by atoms with Crippen LogP contribution in [0.5, 0.6) is 0 Å². The van der Waals surface area contributed by atoms with Gasteiger partial charge in [-0.05, 0) is 22.9 Å². The topological polar surface area (TPSA) is 12.9 Å². The monoisotopic (exact) mass is 231 g/mol. The Morgan fingerprint density at radius 2 is 2.25 bits per heavy atom. The summed E-state index contributed by atoms with van der Waals surface area (Å²) in [6.07, 6.45) is 0. The first kappa shape index (κ1) is 8.74. The molecule has 62 valence electrons. The molecule has 0 unspecified atom stereocenters. The van der Waals surface area contributed by atoms with E-state index in [2.05, 4.69) is 29.3 Å². The molecule has 0 saturated carbocycles. The molecular formula is C7H5NS4. The van der Waals surface area contributed by atoms with E-state index in [-0.39, 0.29) is 0 Å². The summed E-state index contributed by atoms with van der Waals surface area (Å²) >= 11 is 10.0. The van der Waals surface area contributed by atoms with Gasteiger partial charge in [0, 0.05) is 4.90 Å². The lowest BCUT2D eigenvalue weighted by molar-refractivity contribution is 1.28. The highest BCUT2D eigenvalue weighted by molar-refractivity contribution is 8.69. The first-order valence-corrected chi connectivity index (χ1v) is 6.34. The Morgan fingerprint density at radius 1 is 1.42 bits per heavy atom. The Labute approximate surface area is 88.8 Å². The van der Waals surface area contributed by atoms with Crippen LogP contribution in [-0.2, 0) is 0 Å². The maximum atomic E-state index is 4.36. The average Bonchev–Trinajstić information content (AvgIpc) is 2.49. The summed E-state index contributed by atoms with van der Waals surface area (Å²) in [4.78, 5) is 5.29. The molecule has 0 aliphatic rings. The van der Waals surface area contributed by atoms with Gasteiger partial charge >= 0.3 is 0 Å². The van der Waals surface area contributed by atoms with Crippen molar-refractivity contribution in [1.29, 1.82) is 0 Å². The Kier molecular flexibility index (Phi) is 2.55. The van der Waals surface area contributed by atoms with Crippen molar-refractivity contribution < 1.29 is 0 Å². The Hall–Kier alpha value is 0.160. The van der Waals surface area contributed by atoms with E-state index in [1.807, 2.05) is 18.2 Å². The molecule has 1 aromatic heterocycles. The quantitative estimate of drug-likeness (QED) is 0.576. The van der Waals surface area contributed by atoms with E-state index >= 15 is 0 Å². The van der Waals surface area contributed by atoms with Crippen molar-refractivity contribution in [2.75, 3.05) is 0 Å². The summed E-state index contributed by atoms with van der Waals surface area (Å²) in [5.41, 5.74) is 0.974. The van der Waals surface area contributed by atoms with E-state index < -0.39 is 0 Å². The summed E-state index contributed by atoms with van der Waals surface area (Å²) in [7, 11) is 1.37. The number of hydrogen-bond acceptors (Lipinski definition) is 5. The van der Waals surface area contributed by atoms with Crippen LogP contribution in [0.1, 0.15) is 0 Å². The Morgan fingerprint density at radius 3 is 2.92 bits per heavy atom. The summed E-state index contributed by atoms with van der Waals surface area (Å²) in [6.45, 7) is 0. The fraction of sp³-hybridized carbons (Fsp3) is 0. The lowest BCUT2D eigenvalue weighted by Gasteiger charge is -1.89. The molecule has 0 amide bonds. The van der Waals surface area contributed by atoms with Gasteiger partial charge in [0.15, 0.2) is 4.34 Å². The molecule has 0 bridgehead atoms. The van der Waals surface area contributed by atoms with Gasteiger partial charge in [-0.1, -0.05) is 6.07 Å². The maximum absolute atomic E-state index is 4.36. The minimum Gasteiger partial charge on any atom is -0.228 e. The number of aromatic nitrogens is 1. The van der Waals surface area contributed by atoms with Crippen LogP contribution in [0.3, 0.4) is 0 Å². The van der Waals surface area contributed by atoms with Crippen LogP contribution in [0, 0.1) is 0 Å². The van der Waals surface area contributed by atoms with Crippen molar-refractivity contribution in [3.63, 3.8) is 0 Å². The standard InChI is InChI=1S/C7H5NS4/c9-4-2-1-3-5-6(4)8-7(11-5)12-10/h1-3,9-10H. The summed E-state index contributed by atoms with van der Waals surface area (Å²) in [5.74, 6) is 0. The van der Waals surface area contributed by atoms with Crippen LogP contribution in [-0.4, -0.2) is 4.98 Å². The number of thiazole rings is 1. The lowest BCUT2D eigenvalue weighted by atomic mass is 10.3. The average molecular weight is 231 g/mol. The van der Waals surface area contributed by atoms with Crippen molar-refractivity contribution in [2.24, 2.45) is 0 Å². The van der Waals surface area contributed by atoms with Crippen molar-refractivity contribution in [3.05, 3.63) is 18.2 Å². The fourth-order valence-corrected chi connectivity index (χ4v) is 3.02. The molecule has 0 atom stereocenters. The van der Waals surface area contributed by atoms with Gasteiger partial charge in [-0.15, -0.1) is 35.6 Å². The van der Waals surface area contributed by atoms with Gasteiger partial charge in [-0.25, -0.2) is 4.98 Å². The van der Waals surface area contributed by atoms with E-state index in [4.69, 9.17) is 0 Å². The molecule has 0 spiro atoms. The van der Waals surface area contributed by atoms with E-state index in [0.29, 0.717) is 0 Å². The minimum absolute atomic E-state index is 0.928. The van der Waals surface area contributed by atoms with E-state index in [0.717, 1.165) is 14.8 Å². The number of nitrogens with zero attached hydrogens (tertiary/aromatic N) is 1. The van der Waals surface area contributed by atoms with Crippen LogP contribution in [0.4, 0.5) is 0 Å². The number of fused-ring (bicyclic) bond motifs is 1. The zero-order valence-corrected chi connectivity index (χ0v) is 9.31. The van der Waals surface area contributed by atoms with Gasteiger partial charge < -0.3 is 0 Å². The maximum Gasteiger partial charge on any atom is 0.161 e. The molecule has 0 aliphatic heterocycles. The minimum atomic E-state index is 0.928. The summed E-state index contributed by atoms with van der Waals surface area (Å²) in [6, 6.07) is 5.97. The molecule has 5 heteroatoms. The molecule has 1 aromatic carbocycles. The van der Waals surface area contributed by atoms with E-state index in [1.165, 1.54) is 15.5 Å². The first-order valence-electron chi connectivity index (χ1n) is 3.21. The molecule has 2 rings (SSSR count). The third-order valence-corrected chi connectivity index (χ3v) is 4.27. The zero-order chi connectivity index (χ0) is 8.55. The molecule has 0 aliphatic carbocycles. The number of para-hydroxylation sites is 1. The van der Waals surface area contributed by atoms with Crippen LogP contribution < -0.4 is 0 Å². The Balaban J connectivity index is 2.74. The lowest BCUT2D eigenvalue weighted by Crippen LogP contribution is -1.69. The van der Waals surface area contributed by atoms with Crippen molar-refractivity contribution >= 4 is 56.6 Å². The number of benzene rings is 1. The highest BCUT2D eigenvalue weighted by atomic mass is 33.1. The molecule has 0 fully saturated rings. The first-order chi connectivity index (χ1) is 5.81. The molecule has 0 N–H and O–H groups in total. The molecule has 1 heterocycles. The van der Waals surface area contributed by atoms with Crippen LogP contribution in [0.25, 0.3) is 10.2 Å². The zero-order valence-electron chi connectivity index (χ0n) is 5.89. The van der Waals surface area contributed by atoms with Gasteiger partial charge in [0.25, 0.3) is 0 Å². The predicted octanol–water partition coefficient (Wildman–Crippen LogP) is 3.52. The number of rotatable bonds is 1. The van der Waals surface area contributed by atoms with Crippen molar-refractivity contribution in [3.8, 4) is 0 Å². The van der Waals surface area contributed by atoms with Crippen molar-refractivity contribution in [1.82, 2.24) is 4.98 Å². The third kappa shape index (κ3) is 1.46. The molecule has 0 radical (unpaired) electrons. The van der Waals surface area contributed by atoms with Crippen LogP contribution >= 0.6 is 46.4 Å². The third-order valence-electron chi connectivity index (χ3n) is 1.46. The molecule has 12 heavy (non-hydrogen) atoms. The van der Waals surface area contributed by atoms with Crippen LogP contribution in [0.2, 0.25) is 0 Å². The highest BCUT2D eigenvalue weighted by Crippen LogP contribution is 2.33. The van der Waals surface area contributed by atoms with E-state index in [1.54, 1.807) is 11.3 Å². The highest BCUT2D eigenvalue weighted by Gasteiger charge is 2.04. The second kappa shape index (κ2) is 3.49. The largest absolute Gasteiger partial charge is 0.228 e. The Bertz CT molecular complexity index is 409. The molecule has 2 aromatic rings. The molecular weight excluding hydrogens is 226 g/mol. The van der Waals surface area contributed by atoms with Gasteiger partial charge in [-0.2, -0.15) is 0 Å². The normalized spacial score (nSPS) is 10.8. The van der Waals surface area contributed by atoms with Gasteiger partial charge in [0.05, 0.1) is 10.2 Å². The summed E-state index contributed by atoms with van der Waals surface area (Å²) in [5, 5.41) is 0. The van der Waals surface area contributed by atoms with Crippen molar-refractivity contribution in [2.45, 2.75) is 9.24 Å². The van der Waals surface area contributed by atoms with E-state index in [9.17, 15) is 0 Å². The second-order valence-electron chi connectivity index (χ2n) is 2.19. The fourth-order valence-electron chi connectivity index (χ4n) is 0.953. The number of thiol groups is 2.